The summed E-state index contributed by atoms with van der Waals surface area (Å²) in [6.45, 7) is 2.38. The Balaban J connectivity index is 1.69. The molecular weight excluding hydrogens is 831 g/mol. The van der Waals surface area contributed by atoms with Crippen molar-refractivity contribution in [3.05, 3.63) is 29.8 Å². The molecule has 6 amide bonds. The van der Waals surface area contributed by atoms with Crippen LogP contribution in [0.2, 0.25) is 0 Å². The van der Waals surface area contributed by atoms with Gasteiger partial charge in [0.1, 0.15) is 12.1 Å². The predicted octanol–water partition coefficient (Wildman–Crippen LogP) is -1.86. The van der Waals surface area contributed by atoms with Gasteiger partial charge >= 0.3 is 5.97 Å². The Morgan fingerprint density at radius 2 is 1.55 bits per heavy atom. The summed E-state index contributed by atoms with van der Waals surface area (Å²) in [6.07, 6.45) is -5.06. The Hall–Kier alpha value is -5.38. The number of aliphatic hydroxyl groups excluding tert-OH is 3. The Bertz CT molecular complexity index is 2060. The maximum Gasteiger partial charge on any atom is 0.304 e. The first-order valence-electron chi connectivity index (χ1n) is 20.6. The van der Waals surface area contributed by atoms with E-state index in [9.17, 15) is 63.6 Å². The van der Waals surface area contributed by atoms with Gasteiger partial charge in [0.05, 0.1) is 61.4 Å². The molecule has 0 spiro atoms. The van der Waals surface area contributed by atoms with Crippen LogP contribution in [0, 0.1) is 23.7 Å². The number of ketones is 2. The second-order valence-corrected chi connectivity index (χ2v) is 17.3. The number of aromatic amines is 1. The van der Waals surface area contributed by atoms with Gasteiger partial charge in [0.2, 0.25) is 35.4 Å². The molecule has 0 aliphatic carbocycles. The molecule has 2 unspecified atom stereocenters. The highest BCUT2D eigenvalue weighted by Crippen LogP contribution is 2.34. The first-order chi connectivity index (χ1) is 29.4. The molecule has 3 aliphatic rings. The van der Waals surface area contributed by atoms with E-state index in [-0.39, 0.29) is 18.6 Å². The number of nitrogens with one attached hydrogen (secondary N) is 6. The molecule has 2 aromatic rings. The highest BCUT2D eigenvalue weighted by atomic mass is 32.2. The van der Waals surface area contributed by atoms with Crippen LogP contribution in [-0.4, -0.2) is 152 Å². The number of rotatable bonds is 7. The van der Waals surface area contributed by atoms with E-state index in [2.05, 4.69) is 31.6 Å². The highest BCUT2D eigenvalue weighted by molar-refractivity contribution is 7.99. The van der Waals surface area contributed by atoms with Crippen LogP contribution in [0.1, 0.15) is 58.4 Å². The van der Waals surface area contributed by atoms with Gasteiger partial charge in [-0.3, -0.25) is 43.2 Å². The molecule has 1 aromatic heterocycles. The van der Waals surface area contributed by atoms with Crippen molar-refractivity contribution in [3.8, 4) is 0 Å². The van der Waals surface area contributed by atoms with Gasteiger partial charge in [-0.1, -0.05) is 45.4 Å². The zero-order valence-corrected chi connectivity index (χ0v) is 35.5. The van der Waals surface area contributed by atoms with Crippen molar-refractivity contribution in [1.29, 1.82) is 0 Å². The zero-order valence-electron chi connectivity index (χ0n) is 34.7. The third-order valence-electron chi connectivity index (χ3n) is 11.9. The second kappa shape index (κ2) is 21.1. The number of carboxylic acids is 1. The fraction of sp³-hybridized carbons (Fsp3) is 0.585. The molecule has 62 heavy (non-hydrogen) atoms. The van der Waals surface area contributed by atoms with Gasteiger partial charge in [-0.05, 0) is 24.0 Å². The quantitative estimate of drug-likeness (QED) is 0.146. The molecule has 338 valence electrons. The average molecular weight is 886 g/mol. The Morgan fingerprint density at radius 3 is 2.23 bits per heavy atom. The number of carboxylic acid groups (broad SMARTS) is 1. The Morgan fingerprint density at radius 1 is 0.871 bits per heavy atom. The topological polar surface area (TPSA) is 314 Å². The van der Waals surface area contributed by atoms with E-state index in [0.29, 0.717) is 27.9 Å². The summed E-state index contributed by atoms with van der Waals surface area (Å²) in [7, 11) is 0. The highest BCUT2D eigenvalue weighted by Gasteiger charge is 2.45. The van der Waals surface area contributed by atoms with Crippen LogP contribution in [0.5, 0.6) is 0 Å². The van der Waals surface area contributed by atoms with E-state index in [1.807, 2.05) is 0 Å². The minimum Gasteiger partial charge on any atom is -0.481 e. The normalized spacial score (nSPS) is 28.1. The summed E-state index contributed by atoms with van der Waals surface area (Å²) in [5, 5.41) is 55.1. The van der Waals surface area contributed by atoms with Crippen LogP contribution < -0.4 is 26.6 Å². The van der Waals surface area contributed by atoms with E-state index in [0.717, 1.165) is 16.7 Å². The lowest BCUT2D eigenvalue weighted by Gasteiger charge is -2.32. The second-order valence-electron chi connectivity index (χ2n) is 16.3. The van der Waals surface area contributed by atoms with Gasteiger partial charge in [0.25, 0.3) is 0 Å². The number of fused-ring (bicyclic) bond motifs is 5. The molecule has 0 radical (unpaired) electrons. The van der Waals surface area contributed by atoms with Gasteiger partial charge in [-0.25, -0.2) is 0 Å². The molecule has 10 atom stereocenters. The van der Waals surface area contributed by atoms with E-state index in [1.165, 1.54) is 6.92 Å². The number of aromatic nitrogens is 1. The minimum atomic E-state index is -1.58. The third kappa shape index (κ3) is 11.5. The molecule has 0 saturated carbocycles. The molecule has 3 aliphatic heterocycles. The lowest BCUT2D eigenvalue weighted by atomic mass is 9.85. The fourth-order valence-corrected chi connectivity index (χ4v) is 9.20. The molecular formula is C41H55N7O13S. The molecule has 21 heteroatoms. The molecule has 1 saturated heterocycles. The van der Waals surface area contributed by atoms with Crippen molar-refractivity contribution in [2.45, 2.75) is 101 Å². The number of amides is 6. The predicted molar refractivity (Wildman–Crippen MR) is 221 cm³/mol. The van der Waals surface area contributed by atoms with Crippen LogP contribution in [0.25, 0.3) is 10.9 Å². The molecule has 1 fully saturated rings. The lowest BCUT2D eigenvalue weighted by molar-refractivity contribution is -0.148. The number of aliphatic hydroxyl groups is 3. The average Bonchev–Trinajstić information content (AvgIpc) is 3.81. The molecule has 1 aromatic carbocycles. The Kier molecular flexibility index (Phi) is 16.2. The van der Waals surface area contributed by atoms with Crippen molar-refractivity contribution in [2.75, 3.05) is 32.0 Å². The number of thioether (sulfide) groups is 1. The van der Waals surface area contributed by atoms with Crippen LogP contribution in [-0.2, 0) is 49.6 Å². The number of benzene rings is 1. The first kappa shape index (κ1) is 47.7. The van der Waals surface area contributed by atoms with E-state index in [1.54, 1.807) is 38.1 Å². The summed E-state index contributed by atoms with van der Waals surface area (Å²) < 4.78 is 0. The van der Waals surface area contributed by atoms with Crippen molar-refractivity contribution in [2.24, 2.45) is 23.7 Å². The SMILES string of the molecule is CC[C@H](C)[C@@H]1NC(=O)CNC(=O)[C@H]2CC(=O)[C@H]([C@@H](C)[C@@H](O)CO)NC(=O)[C@@H]3CC(O)CN3C(=O)[C@H](CC(=O)O)CC(=O)C(CSc3[nH]c4ccccc4c3C2)NC(=O)CNC1=O. The van der Waals surface area contributed by atoms with E-state index >= 15 is 0 Å². The Labute approximate surface area is 361 Å². The molecule has 4 heterocycles. The number of aliphatic carboxylic acids is 1. The summed E-state index contributed by atoms with van der Waals surface area (Å²) in [4.78, 5) is 128. The van der Waals surface area contributed by atoms with E-state index < -0.39 is 159 Å². The number of carbonyl (C=O) groups excluding carboxylic acids is 8. The number of para-hydroxylation sites is 1. The standard InChI is InChI=1S/C41H55N7O13S/c1-4-19(2)35-39(60)43-14-32(54)44-27-18-62-40-25(24-7-5-6-8-26(24)45-40)9-21(37(58)42-15-33(55)46-35)10-30(52)36(20(3)31(53)17-49)47-38(59)28-13-23(50)16-48(28)41(61)22(11-29(27)51)12-34(56)57/h5-8,19-23,27-28,31,35-36,45,49-50,53H,4,9-18H2,1-3H3,(H,42,58)(H,43,60)(H,44,54)(H,46,55)(H,47,59)(H,56,57)/t19-,20-,21+,22-,23?,27?,28-,31-,35-,36-/m0/s1. The molecule has 10 N–H and O–H groups in total. The monoisotopic (exact) mass is 885 g/mol. The number of Topliss-reactive ketones (excluding diaryl/α,β-unsaturated/α-hetero) is 2. The van der Waals surface area contributed by atoms with Gasteiger partial charge in [-0.2, -0.15) is 0 Å². The van der Waals surface area contributed by atoms with Crippen molar-refractivity contribution >= 4 is 75.6 Å². The number of hydrogen-bond acceptors (Lipinski definition) is 13. The van der Waals surface area contributed by atoms with Crippen LogP contribution in [0.3, 0.4) is 0 Å². The number of carbonyl (C=O) groups is 9. The van der Waals surface area contributed by atoms with Gasteiger partial charge < -0.3 is 56.9 Å². The minimum absolute atomic E-state index is 0.149. The first-order valence-corrected chi connectivity index (χ1v) is 21.6. The summed E-state index contributed by atoms with van der Waals surface area (Å²) in [6, 6.07) is 1.44. The molecule has 5 rings (SSSR count). The smallest absolute Gasteiger partial charge is 0.304 e. The zero-order chi connectivity index (χ0) is 45.4. The van der Waals surface area contributed by atoms with Gasteiger partial charge in [0.15, 0.2) is 11.6 Å². The summed E-state index contributed by atoms with van der Waals surface area (Å²) in [5.74, 6) is -12.6. The lowest BCUT2D eigenvalue weighted by Crippen LogP contribution is -2.56. The van der Waals surface area contributed by atoms with Crippen LogP contribution in [0.15, 0.2) is 29.3 Å². The maximum absolute atomic E-state index is 14.5. The van der Waals surface area contributed by atoms with Crippen LogP contribution >= 0.6 is 11.8 Å². The maximum atomic E-state index is 14.5. The van der Waals surface area contributed by atoms with Crippen LogP contribution in [0.4, 0.5) is 0 Å². The summed E-state index contributed by atoms with van der Waals surface area (Å²) >= 11 is 1.07. The van der Waals surface area contributed by atoms with Gasteiger partial charge in [-0.15, -0.1) is 11.8 Å². The van der Waals surface area contributed by atoms with Crippen molar-refractivity contribution in [1.82, 2.24) is 36.5 Å². The number of nitrogens with zero attached hydrogens (tertiary/aromatic N) is 1. The largest absolute Gasteiger partial charge is 0.481 e. The number of H-pyrrole nitrogens is 1. The fourth-order valence-electron chi connectivity index (χ4n) is 8.04. The van der Waals surface area contributed by atoms with E-state index in [4.69, 9.17) is 0 Å². The van der Waals surface area contributed by atoms with Crippen molar-refractivity contribution < 1.29 is 63.6 Å². The number of hydrogen-bond donors (Lipinski definition) is 10. The summed E-state index contributed by atoms with van der Waals surface area (Å²) in [5.41, 5.74) is 1.13. The van der Waals surface area contributed by atoms with Gasteiger partial charge in [0, 0.05) is 54.3 Å². The third-order valence-corrected chi connectivity index (χ3v) is 13.0. The molecule has 20 nitrogen and oxygen atoms in total. The molecule has 2 bridgehead atoms. The van der Waals surface area contributed by atoms with Crippen molar-refractivity contribution in [3.63, 3.8) is 0 Å².